The molecule has 0 spiro atoms. The summed E-state index contributed by atoms with van der Waals surface area (Å²) in [7, 11) is 0. The van der Waals surface area contributed by atoms with E-state index < -0.39 is 42.3 Å². The summed E-state index contributed by atoms with van der Waals surface area (Å²) in [5, 5.41) is 19.1. The van der Waals surface area contributed by atoms with Crippen LogP contribution in [0.1, 0.15) is 19.3 Å². The summed E-state index contributed by atoms with van der Waals surface area (Å²) in [5.41, 5.74) is 10.2. The van der Waals surface area contributed by atoms with Gasteiger partial charge in [0.25, 0.3) is 0 Å². The van der Waals surface area contributed by atoms with E-state index >= 15 is 0 Å². The minimum atomic E-state index is -1.47. The lowest BCUT2D eigenvalue weighted by molar-refractivity contribution is -0.143. The molecule has 2 amide bonds. The smallest absolute Gasteiger partial charge is 0.326 e. The summed E-state index contributed by atoms with van der Waals surface area (Å²) in [6.07, 6.45) is -1.01. The largest absolute Gasteiger partial charge is 0.481 e. The first-order valence-electron chi connectivity index (χ1n) is 5.03. The Balaban J connectivity index is 4.36. The predicted molar refractivity (Wildman–Crippen MR) is 58.2 cm³/mol. The minimum Gasteiger partial charge on any atom is -0.481 e. The fourth-order valence-electron chi connectivity index (χ4n) is 1.09. The number of nitrogens with two attached hydrogens (primary N) is 2. The van der Waals surface area contributed by atoms with Crippen LogP contribution in [0.25, 0.3) is 0 Å². The number of nitrogens with one attached hydrogen (secondary N) is 1. The Morgan fingerprint density at radius 1 is 1.17 bits per heavy atom. The number of carboxylic acids is 2. The van der Waals surface area contributed by atoms with E-state index in [0.29, 0.717) is 0 Å². The van der Waals surface area contributed by atoms with Crippen molar-refractivity contribution in [1.29, 1.82) is 0 Å². The maximum Gasteiger partial charge on any atom is 0.326 e. The van der Waals surface area contributed by atoms with Gasteiger partial charge in [-0.1, -0.05) is 0 Å². The molecule has 0 radical (unpaired) electrons. The third-order valence-electron chi connectivity index (χ3n) is 2.03. The number of carboxylic acid groups (broad SMARTS) is 2. The quantitative estimate of drug-likeness (QED) is 0.324. The first-order valence-corrected chi connectivity index (χ1v) is 5.03. The zero-order valence-electron chi connectivity index (χ0n) is 9.46. The normalized spacial score (nSPS) is 13.4. The summed E-state index contributed by atoms with van der Waals surface area (Å²) < 4.78 is 0. The average molecular weight is 261 g/mol. The maximum atomic E-state index is 11.4. The molecule has 0 rings (SSSR count). The van der Waals surface area contributed by atoms with Crippen molar-refractivity contribution >= 4 is 23.8 Å². The lowest BCUT2D eigenvalue weighted by Crippen LogP contribution is -2.49. The molecule has 0 unspecified atom stereocenters. The van der Waals surface area contributed by atoms with Crippen LogP contribution in [0.3, 0.4) is 0 Å². The van der Waals surface area contributed by atoms with E-state index in [1.54, 1.807) is 0 Å². The van der Waals surface area contributed by atoms with E-state index in [1.165, 1.54) is 0 Å². The number of aliphatic carboxylic acids is 2. The van der Waals surface area contributed by atoms with Gasteiger partial charge in [-0.25, -0.2) is 4.79 Å². The van der Waals surface area contributed by atoms with Crippen molar-refractivity contribution in [3.63, 3.8) is 0 Å². The highest BCUT2D eigenvalue weighted by Gasteiger charge is 2.24. The Morgan fingerprint density at radius 3 is 2.11 bits per heavy atom. The highest BCUT2D eigenvalue weighted by atomic mass is 16.4. The first-order chi connectivity index (χ1) is 8.23. The molecule has 0 saturated carbocycles. The fraction of sp³-hybridized carbons (Fsp3) is 0.556. The summed E-state index contributed by atoms with van der Waals surface area (Å²) in [6.45, 7) is 0. The molecule has 0 aliphatic carbocycles. The summed E-state index contributed by atoms with van der Waals surface area (Å²) >= 11 is 0. The van der Waals surface area contributed by atoms with Crippen LogP contribution in [-0.4, -0.2) is 46.0 Å². The van der Waals surface area contributed by atoms with Gasteiger partial charge in [0, 0.05) is 6.42 Å². The summed E-state index contributed by atoms with van der Waals surface area (Å²) in [4.78, 5) is 42.9. The van der Waals surface area contributed by atoms with Crippen molar-refractivity contribution in [2.75, 3.05) is 0 Å². The Kier molecular flexibility index (Phi) is 6.35. The Morgan fingerprint density at radius 2 is 1.72 bits per heavy atom. The highest BCUT2D eigenvalue weighted by Crippen LogP contribution is 1.98. The first kappa shape index (κ1) is 15.8. The Hall–Kier alpha value is -2.16. The molecule has 0 fully saturated rings. The van der Waals surface area contributed by atoms with Gasteiger partial charge in [-0.2, -0.15) is 0 Å². The van der Waals surface area contributed by atoms with Crippen molar-refractivity contribution in [3.8, 4) is 0 Å². The molecule has 0 aromatic rings. The van der Waals surface area contributed by atoms with Gasteiger partial charge in [0.2, 0.25) is 11.8 Å². The number of hydrogen-bond acceptors (Lipinski definition) is 5. The van der Waals surface area contributed by atoms with Crippen molar-refractivity contribution in [2.45, 2.75) is 31.3 Å². The van der Waals surface area contributed by atoms with Gasteiger partial charge >= 0.3 is 11.9 Å². The molecular formula is C9H15N3O6. The molecule has 9 nitrogen and oxygen atoms in total. The van der Waals surface area contributed by atoms with Gasteiger partial charge in [-0.3, -0.25) is 14.4 Å². The second-order valence-corrected chi connectivity index (χ2v) is 3.61. The van der Waals surface area contributed by atoms with Crippen LogP contribution in [0.5, 0.6) is 0 Å². The maximum absolute atomic E-state index is 11.4. The van der Waals surface area contributed by atoms with Crippen molar-refractivity contribution < 1.29 is 29.4 Å². The van der Waals surface area contributed by atoms with E-state index in [0.717, 1.165) is 0 Å². The predicted octanol–water partition coefficient (Wildman–Crippen LogP) is -2.38. The molecule has 2 atom stereocenters. The number of hydrogen-bond donors (Lipinski definition) is 5. The fourth-order valence-corrected chi connectivity index (χ4v) is 1.09. The standard InChI is InChI=1S/C9H15N3O6/c10-4(1-2-7(14)15)8(16)12-5(9(17)18)3-6(11)13/h4-5H,1-3,10H2,(H2,11,13)(H,12,16)(H,14,15)(H,17,18)/t4-,5-/m0/s1. The van der Waals surface area contributed by atoms with Gasteiger partial charge in [0.1, 0.15) is 6.04 Å². The number of amides is 2. The van der Waals surface area contributed by atoms with Crippen LogP contribution in [0, 0.1) is 0 Å². The molecule has 0 aromatic heterocycles. The zero-order chi connectivity index (χ0) is 14.3. The van der Waals surface area contributed by atoms with Crippen molar-refractivity contribution in [1.82, 2.24) is 5.32 Å². The molecular weight excluding hydrogens is 246 g/mol. The second-order valence-electron chi connectivity index (χ2n) is 3.61. The Labute approximate surface area is 102 Å². The van der Waals surface area contributed by atoms with Gasteiger partial charge in [0.05, 0.1) is 12.5 Å². The number of primary amides is 1. The zero-order valence-corrected chi connectivity index (χ0v) is 9.46. The highest BCUT2D eigenvalue weighted by molar-refractivity contribution is 5.90. The third-order valence-corrected chi connectivity index (χ3v) is 2.03. The van der Waals surface area contributed by atoms with Gasteiger partial charge in [-0.05, 0) is 6.42 Å². The SMILES string of the molecule is NC(=O)C[C@H](NC(=O)[C@@H](N)CCC(=O)O)C(=O)O. The van der Waals surface area contributed by atoms with Crippen LogP contribution in [-0.2, 0) is 19.2 Å². The lowest BCUT2D eigenvalue weighted by Gasteiger charge is -2.16. The molecule has 0 bridgehead atoms. The van der Waals surface area contributed by atoms with Crippen molar-refractivity contribution in [2.24, 2.45) is 11.5 Å². The van der Waals surface area contributed by atoms with Crippen LogP contribution in [0.2, 0.25) is 0 Å². The molecule has 0 aromatic carbocycles. The van der Waals surface area contributed by atoms with Crippen LogP contribution >= 0.6 is 0 Å². The van der Waals surface area contributed by atoms with E-state index in [9.17, 15) is 19.2 Å². The molecule has 102 valence electrons. The van der Waals surface area contributed by atoms with E-state index in [4.69, 9.17) is 21.7 Å². The molecule has 18 heavy (non-hydrogen) atoms. The molecule has 7 N–H and O–H groups in total. The van der Waals surface area contributed by atoms with Gasteiger partial charge in [0.15, 0.2) is 0 Å². The van der Waals surface area contributed by atoms with E-state index in [2.05, 4.69) is 0 Å². The van der Waals surface area contributed by atoms with Crippen LogP contribution < -0.4 is 16.8 Å². The second kappa shape index (κ2) is 7.22. The van der Waals surface area contributed by atoms with Gasteiger partial charge in [-0.15, -0.1) is 0 Å². The molecule has 0 heterocycles. The third kappa shape index (κ3) is 6.43. The van der Waals surface area contributed by atoms with Crippen LogP contribution in [0.4, 0.5) is 0 Å². The molecule has 0 aliphatic rings. The van der Waals surface area contributed by atoms with E-state index in [1.807, 2.05) is 5.32 Å². The number of rotatable bonds is 8. The molecule has 0 saturated heterocycles. The summed E-state index contributed by atoms with van der Waals surface area (Å²) in [5.74, 6) is -4.27. The monoisotopic (exact) mass is 261 g/mol. The van der Waals surface area contributed by atoms with E-state index in [-0.39, 0.29) is 12.8 Å². The number of carbonyl (C=O) groups is 4. The topological polar surface area (TPSA) is 173 Å². The Bertz CT molecular complexity index is 356. The van der Waals surface area contributed by atoms with Gasteiger partial charge < -0.3 is 27.0 Å². The molecule has 0 aliphatic heterocycles. The average Bonchev–Trinajstić information content (AvgIpc) is 2.23. The van der Waals surface area contributed by atoms with Crippen molar-refractivity contribution in [3.05, 3.63) is 0 Å². The van der Waals surface area contributed by atoms with Crippen LogP contribution in [0.15, 0.2) is 0 Å². The summed E-state index contributed by atoms with van der Waals surface area (Å²) in [6, 6.07) is -2.62. The lowest BCUT2D eigenvalue weighted by atomic mass is 10.1. The molecule has 9 heteroatoms. The minimum absolute atomic E-state index is 0.135. The number of carbonyl (C=O) groups excluding carboxylic acids is 2.